The van der Waals surface area contributed by atoms with Crippen LogP contribution in [0.15, 0.2) is 28.6 Å². The Bertz CT molecular complexity index is 925. The number of anilines is 1. The summed E-state index contributed by atoms with van der Waals surface area (Å²) in [4.78, 5) is 14.5. The monoisotopic (exact) mass is 457 g/mol. The summed E-state index contributed by atoms with van der Waals surface area (Å²) >= 11 is 6.61. The van der Waals surface area contributed by atoms with E-state index in [0.29, 0.717) is 17.1 Å². The predicted octanol–water partition coefficient (Wildman–Crippen LogP) is 2.84. The molecule has 0 saturated carbocycles. The SMILES string of the molecule is CC1CCN(CCCNS(=O)(=O)c2nnc(NC(=O)c3ccc(Cl)cc3)s2)CC1. The molecule has 0 aliphatic carbocycles. The largest absolute Gasteiger partial charge is 0.303 e. The third kappa shape index (κ3) is 6.45. The first-order valence-electron chi connectivity index (χ1n) is 9.46. The van der Waals surface area contributed by atoms with Crippen molar-refractivity contribution in [1.82, 2.24) is 19.8 Å². The molecule has 158 valence electrons. The number of likely N-dealkylation sites (tertiary alicyclic amines) is 1. The lowest BCUT2D eigenvalue weighted by Crippen LogP contribution is -2.35. The first kappa shape index (κ1) is 22.1. The predicted molar refractivity (Wildman–Crippen MR) is 114 cm³/mol. The first-order valence-corrected chi connectivity index (χ1v) is 12.1. The zero-order valence-electron chi connectivity index (χ0n) is 16.1. The lowest BCUT2D eigenvalue weighted by atomic mass is 9.99. The van der Waals surface area contributed by atoms with Gasteiger partial charge in [0.15, 0.2) is 0 Å². The molecule has 1 fully saturated rings. The summed E-state index contributed by atoms with van der Waals surface area (Å²) in [5.41, 5.74) is 0.388. The zero-order valence-corrected chi connectivity index (χ0v) is 18.5. The highest BCUT2D eigenvalue weighted by atomic mass is 35.5. The fourth-order valence-corrected chi connectivity index (χ4v) is 5.13. The summed E-state index contributed by atoms with van der Waals surface area (Å²) in [6.45, 7) is 5.61. The minimum absolute atomic E-state index is 0.118. The smallest absolute Gasteiger partial charge is 0.269 e. The number of benzene rings is 1. The Morgan fingerprint density at radius 2 is 1.93 bits per heavy atom. The second kappa shape index (κ2) is 9.94. The number of nitrogens with one attached hydrogen (secondary N) is 2. The van der Waals surface area contributed by atoms with Crippen molar-refractivity contribution in [3.8, 4) is 0 Å². The minimum atomic E-state index is -3.75. The molecule has 8 nitrogen and oxygen atoms in total. The summed E-state index contributed by atoms with van der Waals surface area (Å²) < 4.78 is 27.2. The molecule has 3 rings (SSSR count). The van der Waals surface area contributed by atoms with E-state index in [0.717, 1.165) is 43.3 Å². The van der Waals surface area contributed by atoms with Gasteiger partial charge in [-0.05, 0) is 69.1 Å². The van der Waals surface area contributed by atoms with Gasteiger partial charge in [-0.15, -0.1) is 10.2 Å². The van der Waals surface area contributed by atoms with E-state index in [9.17, 15) is 13.2 Å². The quantitative estimate of drug-likeness (QED) is 0.466. The Hall–Kier alpha value is -1.59. The molecular formula is C18H24ClN5O3S2. The van der Waals surface area contributed by atoms with Crippen molar-refractivity contribution in [2.45, 2.75) is 30.5 Å². The molecule has 1 aliphatic rings. The Morgan fingerprint density at radius 1 is 1.24 bits per heavy atom. The standard InChI is InChI=1S/C18H24ClN5O3S2/c1-13-7-11-24(12-8-13)10-2-9-20-29(26,27)18-23-22-17(28-18)21-16(25)14-3-5-15(19)6-4-14/h3-6,13,20H,2,7-12H2,1H3,(H,21,22,25). The van der Waals surface area contributed by atoms with E-state index in [1.54, 1.807) is 24.3 Å². The lowest BCUT2D eigenvalue weighted by Gasteiger charge is -2.30. The number of carbonyl (C=O) groups excluding carboxylic acids is 1. The van der Waals surface area contributed by atoms with Crippen LogP contribution in [0.2, 0.25) is 5.02 Å². The molecule has 1 amide bonds. The number of hydrogen-bond donors (Lipinski definition) is 2. The molecule has 2 aromatic rings. The maximum atomic E-state index is 12.4. The number of carbonyl (C=O) groups is 1. The van der Waals surface area contributed by atoms with Crippen molar-refractivity contribution in [1.29, 1.82) is 0 Å². The second-order valence-corrected chi connectivity index (χ2v) is 10.5. The van der Waals surface area contributed by atoms with E-state index >= 15 is 0 Å². The Labute approximate surface area is 179 Å². The number of sulfonamides is 1. The van der Waals surface area contributed by atoms with Crippen molar-refractivity contribution in [3.63, 3.8) is 0 Å². The van der Waals surface area contributed by atoms with Crippen molar-refractivity contribution in [2.75, 3.05) is 31.5 Å². The maximum Gasteiger partial charge on any atom is 0.269 e. The van der Waals surface area contributed by atoms with E-state index < -0.39 is 15.9 Å². The van der Waals surface area contributed by atoms with Crippen molar-refractivity contribution >= 4 is 44.0 Å². The zero-order chi connectivity index (χ0) is 20.9. The van der Waals surface area contributed by atoms with Gasteiger partial charge >= 0.3 is 0 Å². The van der Waals surface area contributed by atoms with Gasteiger partial charge in [0, 0.05) is 17.1 Å². The van der Waals surface area contributed by atoms with Crippen LogP contribution in [0.1, 0.15) is 36.5 Å². The molecule has 1 saturated heterocycles. The van der Waals surface area contributed by atoms with E-state index in [-0.39, 0.29) is 9.47 Å². The molecule has 0 atom stereocenters. The average Bonchev–Trinajstić information content (AvgIpc) is 3.16. The molecule has 1 aliphatic heterocycles. The normalized spacial score (nSPS) is 16.1. The van der Waals surface area contributed by atoms with E-state index in [1.165, 1.54) is 12.8 Å². The van der Waals surface area contributed by atoms with Gasteiger partial charge in [-0.1, -0.05) is 29.9 Å². The third-order valence-corrected chi connectivity index (χ3v) is 7.70. The number of aromatic nitrogens is 2. The maximum absolute atomic E-state index is 12.4. The van der Waals surface area contributed by atoms with Crippen LogP contribution in [0.4, 0.5) is 5.13 Å². The summed E-state index contributed by atoms with van der Waals surface area (Å²) in [5.74, 6) is 0.363. The van der Waals surface area contributed by atoms with Crippen molar-refractivity contribution < 1.29 is 13.2 Å². The molecule has 0 unspecified atom stereocenters. The number of halogens is 1. The lowest BCUT2D eigenvalue weighted by molar-refractivity contribution is 0.102. The molecule has 0 radical (unpaired) electrons. The van der Waals surface area contributed by atoms with Crippen LogP contribution in [0.3, 0.4) is 0 Å². The summed E-state index contributed by atoms with van der Waals surface area (Å²) in [6, 6.07) is 6.34. The van der Waals surface area contributed by atoms with E-state index in [4.69, 9.17) is 11.6 Å². The molecule has 2 N–H and O–H groups in total. The number of nitrogens with zero attached hydrogens (tertiary/aromatic N) is 3. The Morgan fingerprint density at radius 3 is 2.62 bits per heavy atom. The number of amides is 1. The highest BCUT2D eigenvalue weighted by Gasteiger charge is 2.21. The van der Waals surface area contributed by atoms with Gasteiger partial charge in [-0.3, -0.25) is 10.1 Å². The van der Waals surface area contributed by atoms with Crippen LogP contribution in [0, 0.1) is 5.92 Å². The highest BCUT2D eigenvalue weighted by Crippen LogP contribution is 2.21. The van der Waals surface area contributed by atoms with Crippen LogP contribution in [0.5, 0.6) is 0 Å². The van der Waals surface area contributed by atoms with Gasteiger partial charge in [0.2, 0.25) is 9.47 Å². The van der Waals surface area contributed by atoms with Gasteiger partial charge in [-0.2, -0.15) is 0 Å². The van der Waals surface area contributed by atoms with Crippen LogP contribution in [0.25, 0.3) is 0 Å². The van der Waals surface area contributed by atoms with Crippen LogP contribution < -0.4 is 10.0 Å². The van der Waals surface area contributed by atoms with Gasteiger partial charge < -0.3 is 4.90 Å². The number of rotatable bonds is 8. The van der Waals surface area contributed by atoms with Crippen LogP contribution in [-0.2, 0) is 10.0 Å². The minimum Gasteiger partial charge on any atom is -0.303 e. The molecule has 11 heteroatoms. The van der Waals surface area contributed by atoms with E-state index in [1.807, 2.05) is 0 Å². The van der Waals surface area contributed by atoms with Gasteiger partial charge in [0.1, 0.15) is 0 Å². The second-order valence-electron chi connectivity index (χ2n) is 7.11. The molecular weight excluding hydrogens is 434 g/mol. The summed E-state index contributed by atoms with van der Waals surface area (Å²) in [5, 5.41) is 10.6. The molecule has 29 heavy (non-hydrogen) atoms. The fraction of sp³-hybridized carbons (Fsp3) is 0.500. The van der Waals surface area contributed by atoms with Gasteiger partial charge in [0.05, 0.1) is 0 Å². The molecule has 0 bridgehead atoms. The Kier molecular flexibility index (Phi) is 7.58. The average molecular weight is 458 g/mol. The summed E-state index contributed by atoms with van der Waals surface area (Å²) in [6.07, 6.45) is 3.12. The summed E-state index contributed by atoms with van der Waals surface area (Å²) in [7, 11) is -3.75. The number of piperidine rings is 1. The third-order valence-electron chi connectivity index (χ3n) is 4.78. The molecule has 2 heterocycles. The molecule has 1 aromatic carbocycles. The van der Waals surface area contributed by atoms with E-state index in [2.05, 4.69) is 32.1 Å². The van der Waals surface area contributed by atoms with Crippen molar-refractivity contribution in [2.24, 2.45) is 5.92 Å². The fourth-order valence-electron chi connectivity index (χ4n) is 3.00. The van der Waals surface area contributed by atoms with Crippen molar-refractivity contribution in [3.05, 3.63) is 34.9 Å². The van der Waals surface area contributed by atoms with Crippen LogP contribution in [-0.4, -0.2) is 55.6 Å². The topological polar surface area (TPSA) is 104 Å². The number of hydrogen-bond acceptors (Lipinski definition) is 7. The Balaban J connectivity index is 1.48. The first-order chi connectivity index (χ1) is 13.8. The van der Waals surface area contributed by atoms with Gasteiger partial charge in [-0.25, -0.2) is 13.1 Å². The van der Waals surface area contributed by atoms with Crippen LogP contribution >= 0.6 is 22.9 Å². The molecule has 1 aromatic heterocycles. The van der Waals surface area contributed by atoms with Gasteiger partial charge in [0.25, 0.3) is 15.9 Å². The molecule has 0 spiro atoms. The highest BCUT2D eigenvalue weighted by molar-refractivity contribution is 7.91.